The molecule has 0 spiro atoms. The number of nitrogens with zero attached hydrogens (tertiary/aromatic N) is 1. The highest BCUT2D eigenvalue weighted by Crippen LogP contribution is 2.09. The van der Waals surface area contributed by atoms with E-state index in [4.69, 9.17) is 0 Å². The Morgan fingerprint density at radius 3 is 2.26 bits per heavy atom. The predicted molar refractivity (Wildman–Crippen MR) is 80.0 cm³/mol. The van der Waals surface area contributed by atoms with Gasteiger partial charge in [0.2, 0.25) is 5.91 Å². The van der Waals surface area contributed by atoms with Crippen molar-refractivity contribution in [1.82, 2.24) is 10.2 Å². The summed E-state index contributed by atoms with van der Waals surface area (Å²) in [6.07, 6.45) is 1.02. The maximum absolute atomic E-state index is 12.1. The summed E-state index contributed by atoms with van der Waals surface area (Å²) in [5, 5.41) is 3.33. The summed E-state index contributed by atoms with van der Waals surface area (Å²) in [7, 11) is 0. The lowest BCUT2D eigenvalue weighted by Crippen LogP contribution is -2.44. The molecule has 1 aromatic carbocycles. The van der Waals surface area contributed by atoms with E-state index in [2.05, 4.69) is 30.4 Å². The first-order valence-electron chi connectivity index (χ1n) is 7.22. The fourth-order valence-corrected chi connectivity index (χ4v) is 2.23. The lowest BCUT2D eigenvalue weighted by atomic mass is 10.1. The van der Waals surface area contributed by atoms with E-state index in [9.17, 15) is 4.79 Å². The minimum Gasteiger partial charge on any atom is -0.342 e. The molecule has 0 saturated carbocycles. The van der Waals surface area contributed by atoms with Gasteiger partial charge in [-0.2, -0.15) is 0 Å². The molecule has 0 aliphatic heterocycles. The molecule has 1 aromatic rings. The molecule has 1 amide bonds. The Hall–Kier alpha value is -1.35. The molecular formula is C16H26N2O. The Morgan fingerprint density at radius 1 is 1.16 bits per heavy atom. The number of carbonyl (C=O) groups excluding carboxylic acids is 1. The molecule has 1 atom stereocenters. The topological polar surface area (TPSA) is 32.3 Å². The fraction of sp³-hybridized carbons (Fsp3) is 0.562. The maximum atomic E-state index is 12.1. The first-order valence-corrected chi connectivity index (χ1v) is 7.22. The van der Waals surface area contributed by atoms with Crippen molar-refractivity contribution < 1.29 is 4.79 Å². The number of rotatable bonds is 7. The summed E-state index contributed by atoms with van der Waals surface area (Å²) in [6.45, 7) is 10.4. The second-order valence-electron chi connectivity index (χ2n) is 4.74. The molecule has 0 bridgehead atoms. The monoisotopic (exact) mass is 262 g/mol. The van der Waals surface area contributed by atoms with Crippen LogP contribution in [0, 0.1) is 0 Å². The number of benzene rings is 1. The number of amides is 1. The van der Waals surface area contributed by atoms with E-state index in [0.29, 0.717) is 0 Å². The molecule has 1 rings (SSSR count). The van der Waals surface area contributed by atoms with Crippen molar-refractivity contribution >= 4 is 5.91 Å². The lowest BCUT2D eigenvalue weighted by Gasteiger charge is -2.23. The average Bonchev–Trinajstić information content (AvgIpc) is 2.46. The van der Waals surface area contributed by atoms with Crippen LogP contribution < -0.4 is 5.32 Å². The number of likely N-dealkylation sites (N-methyl/N-ethyl adjacent to an activating group) is 1. The van der Waals surface area contributed by atoms with Crippen LogP contribution in [0.15, 0.2) is 24.3 Å². The van der Waals surface area contributed by atoms with E-state index in [-0.39, 0.29) is 11.9 Å². The molecule has 1 N–H and O–H groups in total. The summed E-state index contributed by atoms with van der Waals surface area (Å²) in [5.74, 6) is 0.180. The second kappa shape index (κ2) is 7.95. The summed E-state index contributed by atoms with van der Waals surface area (Å²) < 4.78 is 0. The molecule has 0 radical (unpaired) electrons. The van der Waals surface area contributed by atoms with Gasteiger partial charge in [-0.05, 0) is 38.3 Å². The third-order valence-electron chi connectivity index (χ3n) is 3.54. The van der Waals surface area contributed by atoms with Crippen LogP contribution >= 0.6 is 0 Å². The van der Waals surface area contributed by atoms with Crippen LogP contribution in [-0.2, 0) is 17.8 Å². The quantitative estimate of drug-likeness (QED) is 0.819. The van der Waals surface area contributed by atoms with Gasteiger partial charge < -0.3 is 10.2 Å². The van der Waals surface area contributed by atoms with Crippen molar-refractivity contribution in [2.24, 2.45) is 0 Å². The average molecular weight is 262 g/mol. The van der Waals surface area contributed by atoms with Gasteiger partial charge in [-0.1, -0.05) is 31.2 Å². The van der Waals surface area contributed by atoms with E-state index in [1.807, 2.05) is 31.7 Å². The van der Waals surface area contributed by atoms with E-state index in [0.717, 1.165) is 26.1 Å². The van der Waals surface area contributed by atoms with Crippen LogP contribution in [-0.4, -0.2) is 29.9 Å². The Morgan fingerprint density at radius 2 is 1.74 bits per heavy atom. The number of hydrogen-bond donors (Lipinski definition) is 1. The molecule has 0 fully saturated rings. The first-order chi connectivity index (χ1) is 9.13. The Kier molecular flexibility index (Phi) is 6.57. The SMILES string of the molecule is CCc1ccccc1CNC(C)C(=O)N(CC)CC. The van der Waals surface area contributed by atoms with Crippen molar-refractivity contribution in [1.29, 1.82) is 0 Å². The minimum atomic E-state index is -0.134. The molecule has 3 heteroatoms. The Bertz CT molecular complexity index is 399. The van der Waals surface area contributed by atoms with E-state index in [1.54, 1.807) is 0 Å². The number of carbonyl (C=O) groups is 1. The second-order valence-corrected chi connectivity index (χ2v) is 4.74. The normalized spacial score (nSPS) is 12.2. The zero-order valence-electron chi connectivity index (χ0n) is 12.6. The highest BCUT2D eigenvalue weighted by atomic mass is 16.2. The third kappa shape index (κ3) is 4.35. The molecule has 1 unspecified atom stereocenters. The van der Waals surface area contributed by atoms with Crippen molar-refractivity contribution in [3.8, 4) is 0 Å². The molecule has 0 aromatic heterocycles. The number of aryl methyl sites for hydroxylation is 1. The van der Waals surface area contributed by atoms with Gasteiger partial charge in [-0.15, -0.1) is 0 Å². The van der Waals surface area contributed by atoms with Gasteiger partial charge in [0.25, 0.3) is 0 Å². The Balaban J connectivity index is 2.58. The van der Waals surface area contributed by atoms with Crippen molar-refractivity contribution in [2.45, 2.75) is 46.7 Å². The van der Waals surface area contributed by atoms with Gasteiger partial charge in [0, 0.05) is 19.6 Å². The zero-order chi connectivity index (χ0) is 14.3. The molecule has 0 aliphatic rings. The third-order valence-corrected chi connectivity index (χ3v) is 3.54. The van der Waals surface area contributed by atoms with Gasteiger partial charge in [0.15, 0.2) is 0 Å². The predicted octanol–water partition coefficient (Wildman–Crippen LogP) is 2.60. The largest absolute Gasteiger partial charge is 0.342 e. The standard InChI is InChI=1S/C16H26N2O/c1-5-14-10-8-9-11-15(14)12-17-13(4)16(19)18(6-2)7-3/h8-11,13,17H,5-7,12H2,1-4H3. The minimum absolute atomic E-state index is 0.134. The summed E-state index contributed by atoms with van der Waals surface area (Å²) in [4.78, 5) is 14.0. The van der Waals surface area contributed by atoms with E-state index >= 15 is 0 Å². The highest BCUT2D eigenvalue weighted by Gasteiger charge is 2.17. The van der Waals surface area contributed by atoms with Crippen LogP contribution in [0.3, 0.4) is 0 Å². The van der Waals surface area contributed by atoms with Gasteiger partial charge in [-0.3, -0.25) is 4.79 Å². The smallest absolute Gasteiger partial charge is 0.239 e. The van der Waals surface area contributed by atoms with Crippen molar-refractivity contribution in [3.05, 3.63) is 35.4 Å². The van der Waals surface area contributed by atoms with E-state index in [1.165, 1.54) is 11.1 Å². The maximum Gasteiger partial charge on any atom is 0.239 e. The van der Waals surface area contributed by atoms with Gasteiger partial charge in [-0.25, -0.2) is 0 Å². The summed E-state index contributed by atoms with van der Waals surface area (Å²) >= 11 is 0. The number of nitrogens with one attached hydrogen (secondary N) is 1. The fourth-order valence-electron chi connectivity index (χ4n) is 2.23. The summed E-state index contributed by atoms with van der Waals surface area (Å²) in [5.41, 5.74) is 2.63. The summed E-state index contributed by atoms with van der Waals surface area (Å²) in [6, 6.07) is 8.25. The van der Waals surface area contributed by atoms with E-state index < -0.39 is 0 Å². The molecular weight excluding hydrogens is 236 g/mol. The number of hydrogen-bond acceptors (Lipinski definition) is 2. The Labute approximate surface area is 117 Å². The lowest BCUT2D eigenvalue weighted by molar-refractivity contribution is -0.132. The molecule has 106 valence electrons. The molecule has 3 nitrogen and oxygen atoms in total. The van der Waals surface area contributed by atoms with Gasteiger partial charge in [0.05, 0.1) is 6.04 Å². The molecule has 0 heterocycles. The van der Waals surface area contributed by atoms with Crippen molar-refractivity contribution in [3.63, 3.8) is 0 Å². The molecule has 0 aliphatic carbocycles. The molecule has 0 saturated heterocycles. The van der Waals surface area contributed by atoms with Crippen LogP contribution in [0.4, 0.5) is 0 Å². The van der Waals surface area contributed by atoms with Crippen LogP contribution in [0.2, 0.25) is 0 Å². The van der Waals surface area contributed by atoms with Crippen LogP contribution in [0.1, 0.15) is 38.8 Å². The first kappa shape index (κ1) is 15.7. The van der Waals surface area contributed by atoms with Crippen molar-refractivity contribution in [2.75, 3.05) is 13.1 Å². The zero-order valence-corrected chi connectivity index (χ0v) is 12.6. The van der Waals surface area contributed by atoms with Gasteiger partial charge in [0.1, 0.15) is 0 Å². The van der Waals surface area contributed by atoms with Gasteiger partial charge >= 0.3 is 0 Å². The highest BCUT2D eigenvalue weighted by molar-refractivity contribution is 5.81. The molecule has 19 heavy (non-hydrogen) atoms. The van der Waals surface area contributed by atoms with Crippen LogP contribution in [0.5, 0.6) is 0 Å². The van der Waals surface area contributed by atoms with Crippen LogP contribution in [0.25, 0.3) is 0 Å².